The molecule has 0 N–H and O–H groups in total. The highest BCUT2D eigenvalue weighted by molar-refractivity contribution is 5.74. The summed E-state index contributed by atoms with van der Waals surface area (Å²) in [7, 11) is 1.65. The molecule has 64 valence electrons. The van der Waals surface area contributed by atoms with Crippen molar-refractivity contribution in [2.75, 3.05) is 7.11 Å². The number of methoxy groups -OCH3 is 1. The van der Waals surface area contributed by atoms with Crippen molar-refractivity contribution in [3.63, 3.8) is 0 Å². The first-order valence-corrected chi connectivity index (χ1v) is 3.86. The Labute approximate surface area is 72.2 Å². The van der Waals surface area contributed by atoms with Gasteiger partial charge in [-0.3, -0.25) is 4.79 Å². The number of carbonyl (C=O) groups excluding carboxylic acids is 1. The molecule has 2 heteroatoms. The SMILES string of the molecule is COC(C)c1cccc(C=O)c1. The Morgan fingerprint density at radius 3 is 2.83 bits per heavy atom. The van der Waals surface area contributed by atoms with E-state index in [1.807, 2.05) is 25.1 Å². The molecule has 0 bridgehead atoms. The maximum atomic E-state index is 10.4. The summed E-state index contributed by atoms with van der Waals surface area (Å²) in [6, 6.07) is 7.41. The number of ether oxygens (including phenoxy) is 1. The van der Waals surface area contributed by atoms with Crippen molar-refractivity contribution < 1.29 is 9.53 Å². The van der Waals surface area contributed by atoms with Gasteiger partial charge in [0.2, 0.25) is 0 Å². The second kappa shape index (κ2) is 4.02. The zero-order valence-corrected chi connectivity index (χ0v) is 7.28. The minimum absolute atomic E-state index is 0.0462. The lowest BCUT2D eigenvalue weighted by Gasteiger charge is -2.09. The molecule has 12 heavy (non-hydrogen) atoms. The molecule has 0 aromatic heterocycles. The van der Waals surface area contributed by atoms with Gasteiger partial charge in [-0.1, -0.05) is 18.2 Å². The van der Waals surface area contributed by atoms with Crippen LogP contribution in [0.3, 0.4) is 0 Å². The van der Waals surface area contributed by atoms with E-state index in [0.717, 1.165) is 11.8 Å². The Bertz CT molecular complexity index is 268. The number of hydrogen-bond acceptors (Lipinski definition) is 2. The highest BCUT2D eigenvalue weighted by Gasteiger charge is 2.02. The van der Waals surface area contributed by atoms with Crippen LogP contribution in [0.25, 0.3) is 0 Å². The van der Waals surface area contributed by atoms with Gasteiger partial charge in [0.15, 0.2) is 0 Å². The molecule has 2 nitrogen and oxygen atoms in total. The fourth-order valence-electron chi connectivity index (χ4n) is 1.02. The number of hydrogen-bond donors (Lipinski definition) is 0. The van der Waals surface area contributed by atoms with Crippen LogP contribution in [0.15, 0.2) is 24.3 Å². The topological polar surface area (TPSA) is 26.3 Å². The van der Waals surface area contributed by atoms with Gasteiger partial charge in [-0.05, 0) is 18.6 Å². The molecule has 0 fully saturated rings. The molecule has 0 radical (unpaired) electrons. The molecule has 0 amide bonds. The van der Waals surface area contributed by atoms with Gasteiger partial charge in [0, 0.05) is 12.7 Å². The fourth-order valence-corrected chi connectivity index (χ4v) is 1.02. The van der Waals surface area contributed by atoms with Crippen molar-refractivity contribution in [2.45, 2.75) is 13.0 Å². The number of carbonyl (C=O) groups is 1. The molecule has 1 aromatic rings. The third-order valence-electron chi connectivity index (χ3n) is 1.87. The maximum Gasteiger partial charge on any atom is 0.150 e. The molecule has 1 rings (SSSR count). The smallest absolute Gasteiger partial charge is 0.150 e. The third-order valence-corrected chi connectivity index (χ3v) is 1.87. The molecular formula is C10H12O2. The van der Waals surface area contributed by atoms with E-state index >= 15 is 0 Å². The summed E-state index contributed by atoms with van der Waals surface area (Å²) in [5.41, 5.74) is 1.72. The lowest BCUT2D eigenvalue weighted by atomic mass is 10.1. The summed E-state index contributed by atoms with van der Waals surface area (Å²) < 4.78 is 5.12. The van der Waals surface area contributed by atoms with Gasteiger partial charge in [-0.2, -0.15) is 0 Å². The molecule has 0 saturated heterocycles. The van der Waals surface area contributed by atoms with Crippen LogP contribution >= 0.6 is 0 Å². The first-order valence-electron chi connectivity index (χ1n) is 3.86. The molecule has 1 unspecified atom stereocenters. The average molecular weight is 164 g/mol. The van der Waals surface area contributed by atoms with Gasteiger partial charge in [0.05, 0.1) is 6.10 Å². The largest absolute Gasteiger partial charge is 0.377 e. The second-order valence-electron chi connectivity index (χ2n) is 2.67. The van der Waals surface area contributed by atoms with Crippen LogP contribution in [0.2, 0.25) is 0 Å². The molecule has 0 aliphatic heterocycles. The van der Waals surface area contributed by atoms with Crippen molar-refractivity contribution >= 4 is 6.29 Å². The summed E-state index contributed by atoms with van der Waals surface area (Å²) >= 11 is 0. The minimum Gasteiger partial charge on any atom is -0.377 e. The van der Waals surface area contributed by atoms with Crippen molar-refractivity contribution in [3.05, 3.63) is 35.4 Å². The highest BCUT2D eigenvalue weighted by Crippen LogP contribution is 2.15. The van der Waals surface area contributed by atoms with Crippen molar-refractivity contribution in [3.8, 4) is 0 Å². The normalized spacial score (nSPS) is 12.5. The van der Waals surface area contributed by atoms with Gasteiger partial charge in [0.1, 0.15) is 6.29 Å². The van der Waals surface area contributed by atoms with E-state index < -0.39 is 0 Å². The molecule has 1 aromatic carbocycles. The summed E-state index contributed by atoms with van der Waals surface area (Å²) in [5.74, 6) is 0. The van der Waals surface area contributed by atoms with Crippen molar-refractivity contribution in [1.82, 2.24) is 0 Å². The van der Waals surface area contributed by atoms with Gasteiger partial charge < -0.3 is 4.74 Å². The number of rotatable bonds is 3. The Hall–Kier alpha value is -1.15. The quantitative estimate of drug-likeness (QED) is 0.640. The van der Waals surface area contributed by atoms with Gasteiger partial charge >= 0.3 is 0 Å². The van der Waals surface area contributed by atoms with E-state index in [2.05, 4.69) is 0 Å². The lowest BCUT2D eigenvalue weighted by molar-refractivity contribution is 0.112. The predicted molar refractivity (Wildman–Crippen MR) is 47.3 cm³/mol. The zero-order chi connectivity index (χ0) is 8.97. The summed E-state index contributed by atoms with van der Waals surface area (Å²) in [4.78, 5) is 10.4. The zero-order valence-electron chi connectivity index (χ0n) is 7.28. The van der Waals surface area contributed by atoms with Crippen molar-refractivity contribution in [1.29, 1.82) is 0 Å². The van der Waals surface area contributed by atoms with E-state index in [0.29, 0.717) is 5.56 Å². The van der Waals surface area contributed by atoms with E-state index in [1.165, 1.54) is 0 Å². The minimum atomic E-state index is 0.0462. The first kappa shape index (κ1) is 8.94. The molecule has 0 saturated carbocycles. The predicted octanol–water partition coefficient (Wildman–Crippen LogP) is 2.21. The maximum absolute atomic E-state index is 10.4. The Morgan fingerprint density at radius 1 is 1.50 bits per heavy atom. The fraction of sp³-hybridized carbons (Fsp3) is 0.300. The second-order valence-corrected chi connectivity index (χ2v) is 2.67. The van der Waals surface area contributed by atoms with Crippen LogP contribution in [-0.4, -0.2) is 13.4 Å². The Balaban J connectivity index is 2.93. The van der Waals surface area contributed by atoms with Gasteiger partial charge in [0.25, 0.3) is 0 Å². The molecule has 0 aliphatic carbocycles. The monoisotopic (exact) mass is 164 g/mol. The van der Waals surface area contributed by atoms with Gasteiger partial charge in [-0.15, -0.1) is 0 Å². The van der Waals surface area contributed by atoms with E-state index in [1.54, 1.807) is 13.2 Å². The van der Waals surface area contributed by atoms with E-state index in [4.69, 9.17) is 4.74 Å². The molecule has 0 spiro atoms. The summed E-state index contributed by atoms with van der Waals surface area (Å²) in [6.45, 7) is 1.95. The molecule has 0 aliphatic rings. The van der Waals surface area contributed by atoms with Crippen LogP contribution in [0.4, 0.5) is 0 Å². The van der Waals surface area contributed by atoms with Crippen LogP contribution < -0.4 is 0 Å². The van der Waals surface area contributed by atoms with Crippen molar-refractivity contribution in [2.24, 2.45) is 0 Å². The summed E-state index contributed by atoms with van der Waals surface area (Å²) in [6.07, 6.45) is 0.885. The Morgan fingerprint density at radius 2 is 2.25 bits per heavy atom. The number of benzene rings is 1. The standard InChI is InChI=1S/C10H12O2/c1-8(12-2)10-5-3-4-9(6-10)7-11/h3-8H,1-2H3. The van der Waals surface area contributed by atoms with Crippen LogP contribution in [0.1, 0.15) is 28.9 Å². The van der Waals surface area contributed by atoms with Gasteiger partial charge in [-0.25, -0.2) is 0 Å². The molecule has 0 heterocycles. The first-order chi connectivity index (χ1) is 5.77. The highest BCUT2D eigenvalue weighted by atomic mass is 16.5. The average Bonchev–Trinajstić information content (AvgIpc) is 2.17. The third kappa shape index (κ3) is 1.92. The van der Waals surface area contributed by atoms with E-state index in [9.17, 15) is 4.79 Å². The van der Waals surface area contributed by atoms with Crippen LogP contribution in [0.5, 0.6) is 0 Å². The number of aldehydes is 1. The molecule has 1 atom stereocenters. The lowest BCUT2D eigenvalue weighted by Crippen LogP contribution is -1.96. The van der Waals surface area contributed by atoms with E-state index in [-0.39, 0.29) is 6.10 Å². The van der Waals surface area contributed by atoms with Crippen LogP contribution in [0, 0.1) is 0 Å². The molecular weight excluding hydrogens is 152 g/mol. The van der Waals surface area contributed by atoms with Crippen LogP contribution in [-0.2, 0) is 4.74 Å². The summed E-state index contributed by atoms with van der Waals surface area (Å²) in [5, 5.41) is 0. The Kier molecular flexibility index (Phi) is 3.00.